The highest BCUT2D eigenvalue weighted by atomic mass is 32.1. The fourth-order valence-corrected chi connectivity index (χ4v) is 3.31. The van der Waals surface area contributed by atoms with Gasteiger partial charge in [-0.05, 0) is 32.0 Å². The molecule has 1 rings (SSSR count). The van der Waals surface area contributed by atoms with Gasteiger partial charge in [0.25, 0.3) is 0 Å². The summed E-state index contributed by atoms with van der Waals surface area (Å²) in [5.74, 6) is 0.514. The zero-order valence-corrected chi connectivity index (χ0v) is 13.9. The number of nitrogens with zero attached hydrogens (tertiary/aromatic N) is 2. The molecule has 0 spiro atoms. The normalized spacial score (nSPS) is 11.7. The van der Waals surface area contributed by atoms with Crippen molar-refractivity contribution < 1.29 is 0 Å². The highest BCUT2D eigenvalue weighted by Gasteiger charge is 2.15. The van der Waals surface area contributed by atoms with Gasteiger partial charge in [0.15, 0.2) is 0 Å². The van der Waals surface area contributed by atoms with E-state index in [1.165, 1.54) is 22.0 Å². The third-order valence-corrected chi connectivity index (χ3v) is 4.34. The molecular weight excluding hydrogens is 254 g/mol. The lowest BCUT2D eigenvalue weighted by atomic mass is 10.1. The Morgan fingerprint density at radius 3 is 2.42 bits per heavy atom. The van der Waals surface area contributed by atoms with Gasteiger partial charge in [-0.1, -0.05) is 34.6 Å². The monoisotopic (exact) mass is 283 g/mol. The Bertz CT molecular complexity index is 356. The summed E-state index contributed by atoms with van der Waals surface area (Å²) >= 11 is 1.88. The summed E-state index contributed by atoms with van der Waals surface area (Å²) in [6.45, 7) is 16.3. The quantitative estimate of drug-likeness (QED) is 0.702. The van der Waals surface area contributed by atoms with Crippen molar-refractivity contribution in [3.05, 3.63) is 15.6 Å². The summed E-state index contributed by atoms with van der Waals surface area (Å²) in [6, 6.07) is 0. The molecule has 1 aromatic rings. The van der Waals surface area contributed by atoms with Crippen LogP contribution in [-0.4, -0.2) is 29.5 Å². The highest BCUT2D eigenvalue weighted by molar-refractivity contribution is 7.11. The number of nitrogens with one attached hydrogen (secondary N) is 1. The van der Waals surface area contributed by atoms with E-state index in [9.17, 15) is 0 Å². The van der Waals surface area contributed by atoms with E-state index >= 15 is 0 Å². The van der Waals surface area contributed by atoms with E-state index in [1.807, 2.05) is 11.3 Å². The summed E-state index contributed by atoms with van der Waals surface area (Å²) in [6.07, 6.45) is 1.18. The van der Waals surface area contributed by atoms with Gasteiger partial charge in [0, 0.05) is 11.4 Å². The molecule has 0 amide bonds. The molecule has 0 fully saturated rings. The molecule has 110 valence electrons. The second kappa shape index (κ2) is 8.67. The van der Waals surface area contributed by atoms with E-state index in [4.69, 9.17) is 4.98 Å². The lowest BCUT2D eigenvalue weighted by molar-refractivity contribution is 0.295. The predicted molar refractivity (Wildman–Crippen MR) is 84.8 cm³/mol. The number of hydrogen-bond acceptors (Lipinski definition) is 4. The van der Waals surface area contributed by atoms with Crippen molar-refractivity contribution in [2.24, 2.45) is 0 Å². The van der Waals surface area contributed by atoms with Gasteiger partial charge in [0.05, 0.1) is 12.2 Å². The van der Waals surface area contributed by atoms with Crippen LogP contribution in [0.3, 0.4) is 0 Å². The van der Waals surface area contributed by atoms with Gasteiger partial charge in [-0.2, -0.15) is 0 Å². The first kappa shape index (κ1) is 16.6. The maximum absolute atomic E-state index is 4.86. The molecule has 0 aliphatic carbocycles. The highest BCUT2D eigenvalue weighted by Crippen LogP contribution is 2.26. The average Bonchev–Trinajstić information content (AvgIpc) is 2.79. The minimum atomic E-state index is 0.514. The molecule has 0 saturated carbocycles. The number of hydrogen-bond donors (Lipinski definition) is 1. The first-order valence-corrected chi connectivity index (χ1v) is 8.35. The van der Waals surface area contributed by atoms with Crippen LogP contribution in [0.4, 0.5) is 0 Å². The molecular formula is C15H29N3S. The standard InChI is InChI=1S/C15H29N3S/c1-6-9-16-10-13-15(12(4)5)17-14(19-13)11-18(7-2)8-3/h12,16H,6-11H2,1-5H3. The van der Waals surface area contributed by atoms with Crippen LogP contribution in [0.2, 0.25) is 0 Å². The zero-order chi connectivity index (χ0) is 14.3. The van der Waals surface area contributed by atoms with E-state index < -0.39 is 0 Å². The van der Waals surface area contributed by atoms with Crippen LogP contribution in [0.15, 0.2) is 0 Å². The molecule has 1 heterocycles. The van der Waals surface area contributed by atoms with Crippen LogP contribution in [0.5, 0.6) is 0 Å². The second-order valence-corrected chi connectivity index (χ2v) is 6.38. The SMILES string of the molecule is CCCNCc1sc(CN(CC)CC)nc1C(C)C. The summed E-state index contributed by atoms with van der Waals surface area (Å²) < 4.78 is 0. The fourth-order valence-electron chi connectivity index (χ4n) is 2.08. The maximum atomic E-state index is 4.86. The smallest absolute Gasteiger partial charge is 0.107 e. The van der Waals surface area contributed by atoms with Gasteiger partial charge in [0.1, 0.15) is 5.01 Å². The third-order valence-electron chi connectivity index (χ3n) is 3.28. The number of aromatic nitrogens is 1. The summed E-state index contributed by atoms with van der Waals surface area (Å²) in [5, 5.41) is 4.76. The Morgan fingerprint density at radius 2 is 1.89 bits per heavy atom. The summed E-state index contributed by atoms with van der Waals surface area (Å²) in [4.78, 5) is 8.71. The van der Waals surface area contributed by atoms with Gasteiger partial charge in [-0.15, -0.1) is 11.3 Å². The van der Waals surface area contributed by atoms with Gasteiger partial charge in [-0.3, -0.25) is 4.90 Å². The van der Waals surface area contributed by atoms with Crippen LogP contribution >= 0.6 is 11.3 Å². The molecule has 0 bridgehead atoms. The van der Waals surface area contributed by atoms with Crippen molar-refractivity contribution in [1.82, 2.24) is 15.2 Å². The first-order valence-electron chi connectivity index (χ1n) is 7.53. The Kier molecular flexibility index (Phi) is 7.57. The van der Waals surface area contributed by atoms with Gasteiger partial charge in [-0.25, -0.2) is 4.98 Å². The molecule has 1 N–H and O–H groups in total. The molecule has 3 nitrogen and oxygen atoms in total. The lowest BCUT2D eigenvalue weighted by Crippen LogP contribution is -2.21. The van der Waals surface area contributed by atoms with Gasteiger partial charge < -0.3 is 5.32 Å². The van der Waals surface area contributed by atoms with E-state index in [0.29, 0.717) is 5.92 Å². The van der Waals surface area contributed by atoms with Crippen molar-refractivity contribution in [2.75, 3.05) is 19.6 Å². The van der Waals surface area contributed by atoms with E-state index in [-0.39, 0.29) is 0 Å². The molecule has 1 aromatic heterocycles. The second-order valence-electron chi connectivity index (χ2n) is 5.21. The maximum Gasteiger partial charge on any atom is 0.107 e. The van der Waals surface area contributed by atoms with Crippen LogP contribution < -0.4 is 5.32 Å². The van der Waals surface area contributed by atoms with Crippen LogP contribution in [0, 0.1) is 0 Å². The third kappa shape index (κ3) is 5.21. The minimum Gasteiger partial charge on any atom is -0.312 e. The van der Waals surface area contributed by atoms with Crippen LogP contribution in [-0.2, 0) is 13.1 Å². The Hall–Kier alpha value is -0.450. The topological polar surface area (TPSA) is 28.2 Å². The number of rotatable bonds is 9. The van der Waals surface area contributed by atoms with Crippen molar-refractivity contribution >= 4 is 11.3 Å². The number of thiazole rings is 1. The fraction of sp³-hybridized carbons (Fsp3) is 0.800. The molecule has 0 radical (unpaired) electrons. The molecule has 0 unspecified atom stereocenters. The van der Waals surface area contributed by atoms with Crippen molar-refractivity contribution in [2.45, 2.75) is 60.0 Å². The van der Waals surface area contributed by atoms with Crippen molar-refractivity contribution in [1.29, 1.82) is 0 Å². The molecule has 0 aliphatic rings. The Balaban J connectivity index is 2.75. The first-order chi connectivity index (χ1) is 9.12. The Labute approximate surface area is 122 Å². The minimum absolute atomic E-state index is 0.514. The van der Waals surface area contributed by atoms with Gasteiger partial charge in [0.2, 0.25) is 0 Å². The lowest BCUT2D eigenvalue weighted by Gasteiger charge is -2.15. The summed E-state index contributed by atoms with van der Waals surface area (Å²) in [5.41, 5.74) is 1.29. The molecule has 0 saturated heterocycles. The van der Waals surface area contributed by atoms with Crippen molar-refractivity contribution in [3.8, 4) is 0 Å². The van der Waals surface area contributed by atoms with Gasteiger partial charge >= 0.3 is 0 Å². The average molecular weight is 283 g/mol. The van der Waals surface area contributed by atoms with Crippen molar-refractivity contribution in [3.63, 3.8) is 0 Å². The van der Waals surface area contributed by atoms with E-state index in [2.05, 4.69) is 44.8 Å². The summed E-state index contributed by atoms with van der Waals surface area (Å²) in [7, 11) is 0. The zero-order valence-electron chi connectivity index (χ0n) is 13.1. The van der Waals surface area contributed by atoms with E-state index in [0.717, 1.165) is 32.7 Å². The molecule has 4 heteroatoms. The molecule has 19 heavy (non-hydrogen) atoms. The van der Waals surface area contributed by atoms with E-state index in [1.54, 1.807) is 0 Å². The van der Waals surface area contributed by atoms with Crippen LogP contribution in [0.25, 0.3) is 0 Å². The Morgan fingerprint density at radius 1 is 1.21 bits per heavy atom. The largest absolute Gasteiger partial charge is 0.312 e. The molecule has 0 aliphatic heterocycles. The molecule has 0 aromatic carbocycles. The predicted octanol–water partition coefficient (Wildman–Crippen LogP) is 3.61. The molecule has 0 atom stereocenters. The van der Waals surface area contributed by atoms with Crippen LogP contribution in [0.1, 0.15) is 62.5 Å².